The molecule has 0 atom stereocenters. The molecule has 2 heterocycles. The molecular weight excluding hydrogens is 244 g/mol. The molecule has 0 radical (unpaired) electrons. The number of nitrogens with zero attached hydrogens (tertiary/aromatic N) is 3. The minimum absolute atomic E-state index is 0.0981. The monoisotopic (exact) mass is 256 g/mol. The summed E-state index contributed by atoms with van der Waals surface area (Å²) in [5.41, 5.74) is 5.83. The molecule has 2 aromatic heterocycles. The summed E-state index contributed by atoms with van der Waals surface area (Å²) < 4.78 is 6.18. The third-order valence-electron chi connectivity index (χ3n) is 3.02. The average molecular weight is 256 g/mol. The molecule has 1 aromatic carbocycles. The van der Waals surface area contributed by atoms with Crippen molar-refractivity contribution in [2.75, 3.05) is 5.73 Å². The highest BCUT2D eigenvalue weighted by molar-refractivity contribution is 5.83. The van der Waals surface area contributed by atoms with Crippen molar-refractivity contribution in [1.29, 1.82) is 0 Å². The Morgan fingerprint density at radius 2 is 2.16 bits per heavy atom. The van der Waals surface area contributed by atoms with E-state index in [1.165, 1.54) is 11.0 Å². The molecule has 96 valence electrons. The Kier molecular flexibility index (Phi) is 2.75. The number of pyridine rings is 1. The number of hydrogen-bond acceptors (Lipinski definition) is 5. The molecule has 2 N–H and O–H groups in total. The Balaban J connectivity index is 2.01. The number of fused-ring (bicyclic) bond motifs is 1. The molecule has 19 heavy (non-hydrogen) atoms. The molecule has 0 aliphatic rings. The highest BCUT2D eigenvalue weighted by Gasteiger charge is 2.08. The second kappa shape index (κ2) is 4.56. The van der Waals surface area contributed by atoms with Crippen molar-refractivity contribution in [3.63, 3.8) is 0 Å². The molecule has 0 saturated carbocycles. The Morgan fingerprint density at radius 3 is 2.95 bits per heavy atom. The maximum atomic E-state index is 12.3. The van der Waals surface area contributed by atoms with Crippen LogP contribution in [0.3, 0.4) is 0 Å². The van der Waals surface area contributed by atoms with Gasteiger partial charge in [-0.2, -0.15) is 4.98 Å². The maximum Gasteiger partial charge on any atom is 0.259 e. The number of benzene rings is 1. The highest BCUT2D eigenvalue weighted by atomic mass is 16.5. The smallest absolute Gasteiger partial charge is 0.259 e. The predicted octanol–water partition coefficient (Wildman–Crippen LogP) is 1.21. The van der Waals surface area contributed by atoms with Gasteiger partial charge in [0.15, 0.2) is 5.82 Å². The minimum Gasteiger partial charge on any atom is -0.385 e. The standard InChI is InChI=1S/C13H12N4O2/c14-11-7-9-3-1-2-4-10(9)13(18)17(11)6-5-12-15-8-19-16-12/h1-4,7-8H,5-6,14H2. The third kappa shape index (κ3) is 2.08. The Morgan fingerprint density at radius 1 is 1.32 bits per heavy atom. The van der Waals surface area contributed by atoms with Gasteiger partial charge in [0.1, 0.15) is 5.82 Å². The van der Waals surface area contributed by atoms with Crippen LogP contribution in [0, 0.1) is 0 Å². The van der Waals surface area contributed by atoms with Gasteiger partial charge in [0.2, 0.25) is 6.39 Å². The number of anilines is 1. The van der Waals surface area contributed by atoms with E-state index in [2.05, 4.69) is 14.7 Å². The molecule has 3 aromatic rings. The summed E-state index contributed by atoms with van der Waals surface area (Å²) in [6.45, 7) is 0.426. The Hall–Kier alpha value is -2.63. The molecule has 0 unspecified atom stereocenters. The molecule has 3 rings (SSSR count). The van der Waals surface area contributed by atoms with Crippen LogP contribution in [0.1, 0.15) is 5.82 Å². The van der Waals surface area contributed by atoms with E-state index >= 15 is 0 Å². The van der Waals surface area contributed by atoms with Crippen LogP contribution >= 0.6 is 0 Å². The van der Waals surface area contributed by atoms with Crippen LogP contribution in [0.5, 0.6) is 0 Å². The zero-order valence-electron chi connectivity index (χ0n) is 10.1. The van der Waals surface area contributed by atoms with Crippen LogP contribution in [-0.4, -0.2) is 14.7 Å². The van der Waals surface area contributed by atoms with Crippen LogP contribution in [0.4, 0.5) is 5.82 Å². The number of aromatic nitrogens is 3. The average Bonchev–Trinajstić information content (AvgIpc) is 2.92. The van der Waals surface area contributed by atoms with Gasteiger partial charge in [0.25, 0.3) is 5.56 Å². The van der Waals surface area contributed by atoms with Crippen molar-refractivity contribution >= 4 is 16.6 Å². The lowest BCUT2D eigenvalue weighted by molar-refractivity contribution is 0.408. The number of aryl methyl sites for hydroxylation is 1. The van der Waals surface area contributed by atoms with Gasteiger partial charge in [-0.05, 0) is 17.5 Å². The van der Waals surface area contributed by atoms with Gasteiger partial charge in [0, 0.05) is 18.4 Å². The normalized spacial score (nSPS) is 10.9. The molecule has 0 amide bonds. The van der Waals surface area contributed by atoms with E-state index < -0.39 is 0 Å². The summed E-state index contributed by atoms with van der Waals surface area (Å²) in [6, 6.07) is 9.18. The second-order valence-corrected chi connectivity index (χ2v) is 4.21. The molecule has 0 aliphatic heterocycles. The largest absolute Gasteiger partial charge is 0.385 e. The SMILES string of the molecule is Nc1cc2ccccc2c(=O)n1CCc1ncon1. The maximum absolute atomic E-state index is 12.3. The second-order valence-electron chi connectivity index (χ2n) is 4.21. The lowest BCUT2D eigenvalue weighted by atomic mass is 10.1. The van der Waals surface area contributed by atoms with Gasteiger partial charge in [0.05, 0.1) is 0 Å². The summed E-state index contributed by atoms with van der Waals surface area (Å²) in [5, 5.41) is 5.22. The van der Waals surface area contributed by atoms with E-state index in [0.29, 0.717) is 30.0 Å². The molecular formula is C13H12N4O2. The van der Waals surface area contributed by atoms with Crippen LogP contribution < -0.4 is 11.3 Å². The molecule has 0 spiro atoms. The Bertz CT molecular complexity index is 762. The predicted molar refractivity (Wildman–Crippen MR) is 70.6 cm³/mol. The fourth-order valence-electron chi connectivity index (χ4n) is 2.06. The first-order valence-corrected chi connectivity index (χ1v) is 5.89. The van der Waals surface area contributed by atoms with Gasteiger partial charge < -0.3 is 10.3 Å². The summed E-state index contributed by atoms with van der Waals surface area (Å²) in [7, 11) is 0. The van der Waals surface area contributed by atoms with Crippen LogP contribution in [0.25, 0.3) is 10.8 Å². The molecule has 6 heteroatoms. The van der Waals surface area contributed by atoms with Crippen LogP contribution in [0.15, 0.2) is 46.0 Å². The number of rotatable bonds is 3. The van der Waals surface area contributed by atoms with Crippen molar-refractivity contribution in [1.82, 2.24) is 14.7 Å². The summed E-state index contributed by atoms with van der Waals surface area (Å²) >= 11 is 0. The van der Waals surface area contributed by atoms with Gasteiger partial charge in [-0.25, -0.2) is 0 Å². The van der Waals surface area contributed by atoms with Gasteiger partial charge >= 0.3 is 0 Å². The van der Waals surface area contributed by atoms with Crippen LogP contribution in [-0.2, 0) is 13.0 Å². The van der Waals surface area contributed by atoms with E-state index in [1.807, 2.05) is 18.2 Å². The summed E-state index contributed by atoms with van der Waals surface area (Å²) in [6.07, 6.45) is 1.76. The van der Waals surface area contributed by atoms with Crippen molar-refractivity contribution in [2.45, 2.75) is 13.0 Å². The first-order valence-electron chi connectivity index (χ1n) is 5.89. The van der Waals surface area contributed by atoms with Crippen molar-refractivity contribution in [3.8, 4) is 0 Å². The fraction of sp³-hybridized carbons (Fsp3) is 0.154. The van der Waals surface area contributed by atoms with E-state index in [9.17, 15) is 4.79 Å². The lowest BCUT2D eigenvalue weighted by Crippen LogP contribution is -2.24. The molecule has 0 saturated heterocycles. The third-order valence-corrected chi connectivity index (χ3v) is 3.02. The number of nitrogens with two attached hydrogens (primary N) is 1. The van der Waals surface area contributed by atoms with Crippen LogP contribution in [0.2, 0.25) is 0 Å². The Labute approximate surface area is 108 Å². The van der Waals surface area contributed by atoms with Crippen molar-refractivity contribution in [2.24, 2.45) is 0 Å². The number of hydrogen-bond donors (Lipinski definition) is 1. The van der Waals surface area contributed by atoms with E-state index in [0.717, 1.165) is 5.39 Å². The van der Waals surface area contributed by atoms with Gasteiger partial charge in [-0.15, -0.1) is 0 Å². The summed E-state index contributed by atoms with van der Waals surface area (Å²) in [5.74, 6) is 0.992. The lowest BCUT2D eigenvalue weighted by Gasteiger charge is -2.09. The first kappa shape index (κ1) is 11.5. The van der Waals surface area contributed by atoms with E-state index in [-0.39, 0.29) is 5.56 Å². The molecule has 0 bridgehead atoms. The zero-order valence-corrected chi connectivity index (χ0v) is 10.1. The van der Waals surface area contributed by atoms with Crippen molar-refractivity contribution < 1.29 is 4.52 Å². The topological polar surface area (TPSA) is 86.9 Å². The van der Waals surface area contributed by atoms with Crippen molar-refractivity contribution in [3.05, 3.63) is 52.9 Å². The zero-order chi connectivity index (χ0) is 13.2. The van der Waals surface area contributed by atoms with E-state index in [1.54, 1.807) is 12.1 Å². The van der Waals surface area contributed by atoms with E-state index in [4.69, 9.17) is 5.73 Å². The molecule has 6 nitrogen and oxygen atoms in total. The quantitative estimate of drug-likeness (QED) is 0.761. The summed E-state index contributed by atoms with van der Waals surface area (Å²) in [4.78, 5) is 16.2. The first-order chi connectivity index (χ1) is 9.25. The molecule has 0 aliphatic carbocycles. The van der Waals surface area contributed by atoms with Gasteiger partial charge in [-0.3, -0.25) is 9.36 Å². The molecule has 0 fully saturated rings. The highest BCUT2D eigenvalue weighted by Crippen LogP contribution is 2.13. The minimum atomic E-state index is -0.0981. The number of nitrogen functional groups attached to an aromatic ring is 1. The van der Waals surface area contributed by atoms with Gasteiger partial charge in [-0.1, -0.05) is 23.4 Å². The fourth-order valence-corrected chi connectivity index (χ4v) is 2.06.